The molecule has 0 spiro atoms. The van der Waals surface area contributed by atoms with Crippen molar-refractivity contribution in [1.82, 2.24) is 4.98 Å². The van der Waals surface area contributed by atoms with Crippen LogP contribution in [0.5, 0.6) is 5.75 Å². The van der Waals surface area contributed by atoms with Gasteiger partial charge in [-0.1, -0.05) is 45.0 Å². The van der Waals surface area contributed by atoms with Gasteiger partial charge >= 0.3 is 0 Å². The molecule has 0 saturated heterocycles. The van der Waals surface area contributed by atoms with Gasteiger partial charge in [0.1, 0.15) is 11.6 Å². The molecular weight excluding hydrogens is 301 g/mol. The van der Waals surface area contributed by atoms with Crippen molar-refractivity contribution in [1.29, 1.82) is 0 Å². The second kappa shape index (κ2) is 6.60. The Morgan fingerprint density at radius 2 is 1.75 bits per heavy atom. The van der Waals surface area contributed by atoms with Crippen LogP contribution in [0.2, 0.25) is 0 Å². The van der Waals surface area contributed by atoms with Gasteiger partial charge in [-0.05, 0) is 34.7 Å². The Labute approximate surface area is 142 Å². The SMILES string of the molecule is CC(C)(C)c1ccc(CCOc2ccnc3cc(F)ccc23)cc1. The number of hydrogen-bond acceptors (Lipinski definition) is 2. The van der Waals surface area contributed by atoms with Gasteiger partial charge < -0.3 is 4.74 Å². The lowest BCUT2D eigenvalue weighted by Crippen LogP contribution is -2.11. The number of ether oxygens (including phenoxy) is 1. The Hall–Kier alpha value is -2.42. The summed E-state index contributed by atoms with van der Waals surface area (Å²) in [6, 6.07) is 15.1. The number of fused-ring (bicyclic) bond motifs is 1. The van der Waals surface area contributed by atoms with Gasteiger partial charge in [-0.3, -0.25) is 4.98 Å². The summed E-state index contributed by atoms with van der Waals surface area (Å²) >= 11 is 0. The molecule has 3 heteroatoms. The molecule has 0 aliphatic rings. The van der Waals surface area contributed by atoms with E-state index in [0.717, 1.165) is 17.6 Å². The second-order valence-electron chi connectivity index (χ2n) is 7.02. The predicted octanol–water partition coefficient (Wildman–Crippen LogP) is 5.29. The molecule has 0 N–H and O–H groups in total. The topological polar surface area (TPSA) is 22.1 Å². The molecule has 3 rings (SSSR count). The van der Waals surface area contributed by atoms with Crippen molar-refractivity contribution >= 4 is 10.9 Å². The molecule has 1 aromatic heterocycles. The minimum atomic E-state index is -0.286. The summed E-state index contributed by atoms with van der Waals surface area (Å²) < 4.78 is 19.2. The van der Waals surface area contributed by atoms with Gasteiger partial charge in [0.2, 0.25) is 0 Å². The Balaban J connectivity index is 1.67. The van der Waals surface area contributed by atoms with Gasteiger partial charge in [0, 0.05) is 24.1 Å². The van der Waals surface area contributed by atoms with Crippen LogP contribution in [0.4, 0.5) is 4.39 Å². The third-order valence-electron chi connectivity index (χ3n) is 4.13. The van der Waals surface area contributed by atoms with E-state index in [0.29, 0.717) is 12.1 Å². The average Bonchev–Trinajstić information content (AvgIpc) is 2.54. The van der Waals surface area contributed by atoms with Crippen LogP contribution in [0.1, 0.15) is 31.9 Å². The molecule has 1 heterocycles. The Kier molecular flexibility index (Phi) is 4.52. The van der Waals surface area contributed by atoms with E-state index in [1.54, 1.807) is 12.3 Å². The molecule has 0 atom stereocenters. The standard InChI is InChI=1S/C21H22FNO/c1-21(2,3)16-6-4-15(5-7-16)11-13-24-20-10-12-23-19-14-17(22)8-9-18(19)20/h4-10,12,14H,11,13H2,1-3H3. The van der Waals surface area contributed by atoms with Gasteiger partial charge in [0.15, 0.2) is 0 Å². The highest BCUT2D eigenvalue weighted by Gasteiger charge is 2.12. The Bertz CT molecular complexity index is 835. The first kappa shape index (κ1) is 16.4. The summed E-state index contributed by atoms with van der Waals surface area (Å²) in [7, 11) is 0. The van der Waals surface area contributed by atoms with Gasteiger partial charge in [-0.25, -0.2) is 4.39 Å². The van der Waals surface area contributed by atoms with Gasteiger partial charge in [0.05, 0.1) is 12.1 Å². The monoisotopic (exact) mass is 323 g/mol. The van der Waals surface area contributed by atoms with Gasteiger partial charge in [-0.2, -0.15) is 0 Å². The lowest BCUT2D eigenvalue weighted by molar-refractivity contribution is 0.325. The van der Waals surface area contributed by atoms with Crippen LogP contribution in [-0.2, 0) is 11.8 Å². The van der Waals surface area contributed by atoms with Crippen molar-refractivity contribution in [2.75, 3.05) is 6.61 Å². The largest absolute Gasteiger partial charge is 0.492 e. The first-order valence-electron chi connectivity index (χ1n) is 8.20. The highest BCUT2D eigenvalue weighted by molar-refractivity contribution is 5.84. The molecule has 3 aromatic rings. The summed E-state index contributed by atoms with van der Waals surface area (Å²) in [5, 5.41) is 0.835. The summed E-state index contributed by atoms with van der Waals surface area (Å²) in [5.41, 5.74) is 3.35. The Morgan fingerprint density at radius 1 is 1.00 bits per heavy atom. The van der Waals surface area contributed by atoms with Crippen LogP contribution >= 0.6 is 0 Å². The van der Waals surface area contributed by atoms with E-state index in [1.165, 1.54) is 23.3 Å². The van der Waals surface area contributed by atoms with E-state index in [2.05, 4.69) is 50.0 Å². The van der Waals surface area contributed by atoms with E-state index in [1.807, 2.05) is 6.07 Å². The van der Waals surface area contributed by atoms with E-state index in [4.69, 9.17) is 4.74 Å². The molecule has 24 heavy (non-hydrogen) atoms. The Morgan fingerprint density at radius 3 is 2.46 bits per heavy atom. The van der Waals surface area contributed by atoms with Crippen molar-refractivity contribution < 1.29 is 9.13 Å². The van der Waals surface area contributed by atoms with E-state index in [9.17, 15) is 4.39 Å². The molecule has 0 unspecified atom stereocenters. The molecule has 0 aliphatic heterocycles. The highest BCUT2D eigenvalue weighted by atomic mass is 19.1. The van der Waals surface area contributed by atoms with Crippen LogP contribution in [0.25, 0.3) is 10.9 Å². The quantitative estimate of drug-likeness (QED) is 0.650. The fourth-order valence-electron chi connectivity index (χ4n) is 2.67. The van der Waals surface area contributed by atoms with Crippen molar-refractivity contribution in [2.45, 2.75) is 32.6 Å². The lowest BCUT2D eigenvalue weighted by Gasteiger charge is -2.19. The molecule has 0 radical (unpaired) electrons. The number of nitrogens with zero attached hydrogens (tertiary/aromatic N) is 1. The molecule has 124 valence electrons. The number of pyridine rings is 1. The number of hydrogen-bond donors (Lipinski definition) is 0. The predicted molar refractivity (Wildman–Crippen MR) is 96.0 cm³/mol. The minimum Gasteiger partial charge on any atom is -0.492 e. The molecule has 2 nitrogen and oxygen atoms in total. The lowest BCUT2D eigenvalue weighted by atomic mass is 9.86. The molecule has 0 saturated carbocycles. The zero-order valence-corrected chi connectivity index (χ0v) is 14.3. The van der Waals surface area contributed by atoms with Crippen LogP contribution in [0.15, 0.2) is 54.7 Å². The van der Waals surface area contributed by atoms with Gasteiger partial charge in [0.25, 0.3) is 0 Å². The first-order chi connectivity index (χ1) is 11.4. The third kappa shape index (κ3) is 3.73. The fourth-order valence-corrected chi connectivity index (χ4v) is 2.67. The first-order valence-corrected chi connectivity index (χ1v) is 8.20. The van der Waals surface area contributed by atoms with E-state index >= 15 is 0 Å². The fraction of sp³-hybridized carbons (Fsp3) is 0.286. The number of aromatic nitrogens is 1. The molecule has 0 amide bonds. The summed E-state index contributed by atoms with van der Waals surface area (Å²) in [5.74, 6) is 0.456. The normalized spacial score (nSPS) is 11.7. The van der Waals surface area contributed by atoms with Crippen LogP contribution in [0, 0.1) is 5.82 Å². The highest BCUT2D eigenvalue weighted by Crippen LogP contribution is 2.25. The van der Waals surface area contributed by atoms with Crippen molar-refractivity contribution in [3.05, 3.63) is 71.7 Å². The molecule has 2 aromatic carbocycles. The van der Waals surface area contributed by atoms with Crippen molar-refractivity contribution in [3.63, 3.8) is 0 Å². The van der Waals surface area contributed by atoms with Crippen LogP contribution in [0.3, 0.4) is 0 Å². The maximum absolute atomic E-state index is 13.3. The smallest absolute Gasteiger partial charge is 0.130 e. The number of benzene rings is 2. The zero-order valence-electron chi connectivity index (χ0n) is 14.3. The third-order valence-corrected chi connectivity index (χ3v) is 4.13. The minimum absolute atomic E-state index is 0.167. The van der Waals surface area contributed by atoms with Crippen LogP contribution < -0.4 is 4.74 Å². The summed E-state index contributed by atoms with van der Waals surface area (Å²) in [6.07, 6.45) is 2.48. The molecule has 0 fully saturated rings. The molecular formula is C21H22FNO. The van der Waals surface area contributed by atoms with E-state index in [-0.39, 0.29) is 11.2 Å². The molecule has 0 bridgehead atoms. The van der Waals surface area contributed by atoms with Crippen molar-refractivity contribution in [2.24, 2.45) is 0 Å². The van der Waals surface area contributed by atoms with Gasteiger partial charge in [-0.15, -0.1) is 0 Å². The maximum atomic E-state index is 13.3. The summed E-state index contributed by atoms with van der Waals surface area (Å²) in [4.78, 5) is 4.18. The molecule has 0 aliphatic carbocycles. The number of halogens is 1. The average molecular weight is 323 g/mol. The van der Waals surface area contributed by atoms with Crippen LogP contribution in [-0.4, -0.2) is 11.6 Å². The zero-order chi connectivity index (χ0) is 17.2. The second-order valence-corrected chi connectivity index (χ2v) is 7.02. The maximum Gasteiger partial charge on any atom is 0.130 e. The summed E-state index contributed by atoms with van der Waals surface area (Å²) in [6.45, 7) is 7.21. The number of rotatable bonds is 4. The van der Waals surface area contributed by atoms with Crippen molar-refractivity contribution in [3.8, 4) is 5.75 Å². The van der Waals surface area contributed by atoms with E-state index < -0.39 is 0 Å².